The summed E-state index contributed by atoms with van der Waals surface area (Å²) in [6.07, 6.45) is 4.00. The van der Waals surface area contributed by atoms with Crippen LogP contribution >= 0.6 is 0 Å². The van der Waals surface area contributed by atoms with Gasteiger partial charge < -0.3 is 16.0 Å². The van der Waals surface area contributed by atoms with Gasteiger partial charge in [0.1, 0.15) is 5.82 Å². The Morgan fingerprint density at radius 2 is 1.96 bits per heavy atom. The van der Waals surface area contributed by atoms with Gasteiger partial charge in [-0.3, -0.25) is 4.90 Å². The maximum absolute atomic E-state index is 5.98. The second-order valence-electron chi connectivity index (χ2n) is 7.78. The summed E-state index contributed by atoms with van der Waals surface area (Å²) in [5.74, 6) is 0.576. The number of nitrogens with zero attached hydrogens (tertiary/aromatic N) is 3. The molecule has 0 radical (unpaired) electrons. The Hall–Kier alpha value is -2.11. The van der Waals surface area contributed by atoms with E-state index in [-0.39, 0.29) is 0 Å². The Morgan fingerprint density at radius 3 is 2.70 bits per heavy atom. The number of benzene rings is 1. The Bertz CT molecular complexity index is 762. The highest BCUT2D eigenvalue weighted by atomic mass is 15.3. The maximum atomic E-state index is 5.98. The van der Waals surface area contributed by atoms with Crippen LogP contribution in [0.4, 0.5) is 11.5 Å². The topological polar surface area (TPSA) is 57.4 Å². The number of pyridine rings is 1. The summed E-state index contributed by atoms with van der Waals surface area (Å²) < 4.78 is 0. The third-order valence-electron chi connectivity index (χ3n) is 5.51. The van der Waals surface area contributed by atoms with E-state index in [2.05, 4.69) is 46.6 Å². The fraction of sp³-hybridized carbons (Fsp3) is 0.500. The van der Waals surface area contributed by atoms with Crippen LogP contribution < -0.4 is 11.1 Å². The molecule has 1 aromatic carbocycles. The van der Waals surface area contributed by atoms with Crippen molar-refractivity contribution in [3.05, 3.63) is 42.6 Å². The predicted molar refractivity (Wildman–Crippen MR) is 116 cm³/mol. The Morgan fingerprint density at radius 1 is 1.19 bits per heavy atom. The predicted octanol–water partition coefficient (Wildman–Crippen LogP) is 3.59. The van der Waals surface area contributed by atoms with Crippen molar-refractivity contribution in [2.75, 3.05) is 50.3 Å². The summed E-state index contributed by atoms with van der Waals surface area (Å²) in [4.78, 5) is 9.31. The van der Waals surface area contributed by atoms with Crippen molar-refractivity contribution in [3.8, 4) is 0 Å². The molecule has 27 heavy (non-hydrogen) atoms. The van der Waals surface area contributed by atoms with Gasteiger partial charge in [-0.15, -0.1) is 0 Å². The number of nitrogens with one attached hydrogen (secondary N) is 1. The number of piperazine rings is 1. The maximum Gasteiger partial charge on any atom is 0.131 e. The van der Waals surface area contributed by atoms with Gasteiger partial charge in [0.15, 0.2) is 0 Å². The monoisotopic (exact) mass is 367 g/mol. The van der Waals surface area contributed by atoms with E-state index in [0.717, 1.165) is 29.4 Å². The lowest BCUT2D eigenvalue weighted by Gasteiger charge is -2.36. The largest absolute Gasteiger partial charge is 0.383 e. The molecule has 2 heterocycles. The van der Waals surface area contributed by atoms with Gasteiger partial charge in [-0.1, -0.05) is 24.3 Å². The van der Waals surface area contributed by atoms with Crippen LogP contribution in [0.2, 0.25) is 0 Å². The molecule has 2 aromatic rings. The molecule has 0 amide bonds. The number of hydrogen-bond acceptors (Lipinski definition) is 5. The third-order valence-corrected chi connectivity index (χ3v) is 5.51. The van der Waals surface area contributed by atoms with Gasteiger partial charge in [0, 0.05) is 61.4 Å². The Labute approximate surface area is 163 Å². The zero-order valence-corrected chi connectivity index (χ0v) is 16.7. The van der Waals surface area contributed by atoms with Gasteiger partial charge in [0.2, 0.25) is 0 Å². The second kappa shape index (κ2) is 9.20. The third kappa shape index (κ3) is 5.21. The summed E-state index contributed by atoms with van der Waals surface area (Å²) in [6, 6.07) is 8.79. The molecule has 0 unspecified atom stereocenters. The number of hydrogen-bond donors (Lipinski definition) is 2. The van der Waals surface area contributed by atoms with E-state index in [1.165, 1.54) is 44.7 Å². The molecule has 0 atom stereocenters. The first-order valence-electron chi connectivity index (χ1n) is 10.0. The number of anilines is 2. The summed E-state index contributed by atoms with van der Waals surface area (Å²) >= 11 is 0. The zero-order valence-electron chi connectivity index (χ0n) is 16.7. The molecule has 3 N–H and O–H groups in total. The van der Waals surface area contributed by atoms with E-state index >= 15 is 0 Å². The van der Waals surface area contributed by atoms with Crippen LogP contribution in [0.5, 0.6) is 0 Å². The molecule has 5 heteroatoms. The van der Waals surface area contributed by atoms with Crippen LogP contribution in [0.15, 0.2) is 42.6 Å². The Kier molecular flexibility index (Phi) is 6.69. The smallest absolute Gasteiger partial charge is 0.131 e. The van der Waals surface area contributed by atoms with E-state index < -0.39 is 0 Å². The first kappa shape index (κ1) is 19.6. The quantitative estimate of drug-likeness (QED) is 0.698. The van der Waals surface area contributed by atoms with Crippen molar-refractivity contribution in [1.29, 1.82) is 0 Å². The molecule has 0 bridgehead atoms. The van der Waals surface area contributed by atoms with Gasteiger partial charge in [-0.2, -0.15) is 0 Å². The van der Waals surface area contributed by atoms with Crippen molar-refractivity contribution in [1.82, 2.24) is 14.8 Å². The number of nitrogen functional groups attached to an aromatic ring is 1. The lowest BCUT2D eigenvalue weighted by Crippen LogP contribution is -2.48. The summed E-state index contributed by atoms with van der Waals surface area (Å²) in [6.45, 7) is 15.6. The van der Waals surface area contributed by atoms with Crippen molar-refractivity contribution >= 4 is 22.3 Å². The minimum atomic E-state index is 0.576. The molecule has 1 fully saturated rings. The molecule has 0 spiro atoms. The van der Waals surface area contributed by atoms with Gasteiger partial charge >= 0.3 is 0 Å². The van der Waals surface area contributed by atoms with Crippen LogP contribution in [0.1, 0.15) is 26.7 Å². The fourth-order valence-electron chi connectivity index (χ4n) is 3.75. The van der Waals surface area contributed by atoms with Crippen LogP contribution in [-0.2, 0) is 0 Å². The Balaban J connectivity index is 1.41. The van der Waals surface area contributed by atoms with Crippen LogP contribution in [0.25, 0.3) is 10.8 Å². The van der Waals surface area contributed by atoms with Crippen molar-refractivity contribution in [3.63, 3.8) is 0 Å². The number of aromatic nitrogens is 1. The van der Waals surface area contributed by atoms with Crippen molar-refractivity contribution < 1.29 is 0 Å². The molecule has 0 aliphatic carbocycles. The van der Waals surface area contributed by atoms with Crippen LogP contribution in [0, 0.1) is 0 Å². The van der Waals surface area contributed by atoms with Gasteiger partial charge in [0.25, 0.3) is 0 Å². The molecule has 146 valence electrons. The highest BCUT2D eigenvalue weighted by molar-refractivity contribution is 5.99. The van der Waals surface area contributed by atoms with E-state index in [4.69, 9.17) is 5.73 Å². The molecule has 5 nitrogen and oxygen atoms in total. The molecule has 0 saturated carbocycles. The van der Waals surface area contributed by atoms with Crippen molar-refractivity contribution in [2.45, 2.75) is 32.7 Å². The SMILES string of the molecule is C=C(CCCN1CCN(C(C)C)CC1)CNc1cccc2c(N)nccc12. The molecule has 1 aliphatic rings. The van der Waals surface area contributed by atoms with Gasteiger partial charge in [-0.25, -0.2) is 4.98 Å². The minimum absolute atomic E-state index is 0.576. The summed E-state index contributed by atoms with van der Waals surface area (Å²) in [5.41, 5.74) is 8.31. The average Bonchev–Trinajstić information content (AvgIpc) is 2.67. The second-order valence-corrected chi connectivity index (χ2v) is 7.78. The van der Waals surface area contributed by atoms with E-state index in [1.807, 2.05) is 18.2 Å². The lowest BCUT2D eigenvalue weighted by molar-refractivity contribution is 0.108. The number of rotatable bonds is 8. The lowest BCUT2D eigenvalue weighted by atomic mass is 10.1. The molecule has 3 rings (SSSR count). The fourth-order valence-corrected chi connectivity index (χ4v) is 3.75. The van der Waals surface area contributed by atoms with E-state index in [9.17, 15) is 0 Å². The van der Waals surface area contributed by atoms with Gasteiger partial charge in [0.05, 0.1) is 0 Å². The van der Waals surface area contributed by atoms with Crippen LogP contribution in [0.3, 0.4) is 0 Å². The first-order chi connectivity index (χ1) is 13.0. The van der Waals surface area contributed by atoms with Crippen LogP contribution in [-0.4, -0.2) is 60.1 Å². The minimum Gasteiger partial charge on any atom is -0.383 e. The molecular weight excluding hydrogens is 334 g/mol. The highest BCUT2D eigenvalue weighted by Crippen LogP contribution is 2.26. The van der Waals surface area contributed by atoms with E-state index in [1.54, 1.807) is 6.20 Å². The first-order valence-corrected chi connectivity index (χ1v) is 10.0. The normalized spacial score (nSPS) is 16.1. The number of nitrogens with two attached hydrogens (primary N) is 1. The summed E-state index contributed by atoms with van der Waals surface area (Å²) in [5, 5.41) is 5.62. The molecule has 1 saturated heterocycles. The highest BCUT2D eigenvalue weighted by Gasteiger charge is 2.18. The zero-order chi connectivity index (χ0) is 19.2. The molecule has 1 aromatic heterocycles. The van der Waals surface area contributed by atoms with E-state index in [0.29, 0.717) is 11.9 Å². The molecule has 1 aliphatic heterocycles. The molecular formula is C22H33N5. The van der Waals surface area contributed by atoms with Crippen molar-refractivity contribution in [2.24, 2.45) is 0 Å². The number of fused-ring (bicyclic) bond motifs is 1. The van der Waals surface area contributed by atoms with Gasteiger partial charge in [-0.05, 0) is 45.4 Å². The standard InChI is InChI=1S/C22H33N5/c1-17(2)27-14-12-26(13-15-27)11-5-6-18(3)16-25-21-8-4-7-20-19(21)9-10-24-22(20)23/h4,7-10,17,25H,3,5-6,11-16H2,1-2H3,(H2,23,24). The average molecular weight is 368 g/mol. The summed E-state index contributed by atoms with van der Waals surface area (Å²) in [7, 11) is 0.